The lowest BCUT2D eigenvalue weighted by Gasteiger charge is -2.26. The number of rotatable bonds is 8. The number of carbonyl (C=O) groups excluding carboxylic acids is 1. The molecule has 2 N–H and O–H groups in total. The summed E-state index contributed by atoms with van der Waals surface area (Å²) in [6.07, 6.45) is 0. The zero-order valence-corrected chi connectivity index (χ0v) is 23.4. The first-order valence-electron chi connectivity index (χ1n) is 12.7. The molecule has 9 heteroatoms. The van der Waals surface area contributed by atoms with Gasteiger partial charge in [-0.1, -0.05) is 47.5 Å². The van der Waals surface area contributed by atoms with Gasteiger partial charge in [0.25, 0.3) is 0 Å². The highest BCUT2D eigenvalue weighted by atomic mass is 35.5. The summed E-state index contributed by atoms with van der Waals surface area (Å²) in [4.78, 5) is 12.7. The predicted molar refractivity (Wildman–Crippen MR) is 156 cm³/mol. The largest absolute Gasteiger partial charge is 0.494 e. The van der Waals surface area contributed by atoms with Gasteiger partial charge in [-0.05, 0) is 67.1 Å². The molecule has 0 aliphatic carbocycles. The average molecular weight is 587 g/mol. The van der Waals surface area contributed by atoms with E-state index < -0.39 is 11.9 Å². The molecule has 0 saturated heterocycles. The quantitative estimate of drug-likeness (QED) is 0.169. The topological polar surface area (TPSA) is 104 Å². The fourth-order valence-electron chi connectivity index (χ4n) is 4.42. The van der Waals surface area contributed by atoms with Crippen LogP contribution in [0.25, 0.3) is 0 Å². The predicted octanol–water partition coefficient (Wildman–Crippen LogP) is 7.41. The van der Waals surface area contributed by atoms with E-state index in [1.54, 1.807) is 54.6 Å². The Morgan fingerprint density at radius 2 is 1.61 bits per heavy atom. The summed E-state index contributed by atoms with van der Waals surface area (Å²) in [7, 11) is 0. The minimum absolute atomic E-state index is 0.0160. The van der Waals surface area contributed by atoms with Gasteiger partial charge in [-0.2, -0.15) is 5.26 Å². The first-order valence-corrected chi connectivity index (χ1v) is 13.4. The molecule has 1 aliphatic heterocycles. The number of nitrogens with zero attached hydrogens (tertiary/aromatic N) is 1. The normalized spacial score (nSPS) is 14.0. The molecule has 0 fully saturated rings. The average Bonchev–Trinajstić information content (AvgIpc) is 2.97. The maximum absolute atomic E-state index is 12.7. The van der Waals surface area contributed by atoms with Gasteiger partial charge in [-0.25, -0.2) is 4.79 Å². The van der Waals surface area contributed by atoms with Crippen LogP contribution in [-0.2, 0) is 6.61 Å². The van der Waals surface area contributed by atoms with Crippen molar-refractivity contribution in [2.75, 3.05) is 6.61 Å². The summed E-state index contributed by atoms with van der Waals surface area (Å²) in [6, 6.07) is 26.5. The van der Waals surface area contributed by atoms with Crippen molar-refractivity contribution < 1.29 is 23.7 Å². The molecule has 0 spiro atoms. The highest BCUT2D eigenvalue weighted by Crippen LogP contribution is 2.43. The Morgan fingerprint density at radius 3 is 2.29 bits per heavy atom. The Bertz CT molecular complexity index is 1660. The molecule has 41 heavy (non-hydrogen) atoms. The van der Waals surface area contributed by atoms with Crippen LogP contribution in [0.2, 0.25) is 10.0 Å². The molecule has 0 aromatic heterocycles. The molecule has 4 aromatic carbocycles. The van der Waals surface area contributed by atoms with Gasteiger partial charge in [0.05, 0.1) is 18.1 Å². The van der Waals surface area contributed by atoms with E-state index in [-0.39, 0.29) is 23.8 Å². The Labute approximate surface area is 247 Å². The summed E-state index contributed by atoms with van der Waals surface area (Å²) in [5, 5.41) is 11.0. The Balaban J connectivity index is 1.34. The van der Waals surface area contributed by atoms with Gasteiger partial charge in [-0.3, -0.25) is 0 Å². The second kappa shape index (κ2) is 12.3. The van der Waals surface area contributed by atoms with Crippen LogP contribution >= 0.6 is 23.2 Å². The van der Waals surface area contributed by atoms with Crippen molar-refractivity contribution in [3.63, 3.8) is 0 Å². The van der Waals surface area contributed by atoms with Gasteiger partial charge in [0.1, 0.15) is 41.2 Å². The highest BCUT2D eigenvalue weighted by molar-refractivity contribution is 6.35. The van der Waals surface area contributed by atoms with E-state index in [4.69, 9.17) is 47.9 Å². The van der Waals surface area contributed by atoms with Crippen LogP contribution in [0.3, 0.4) is 0 Å². The van der Waals surface area contributed by atoms with E-state index in [0.717, 1.165) is 11.1 Å². The molecule has 0 saturated carbocycles. The van der Waals surface area contributed by atoms with Crippen LogP contribution in [0, 0.1) is 11.3 Å². The lowest BCUT2D eigenvalue weighted by molar-refractivity contribution is 0.0734. The molecule has 1 heterocycles. The van der Waals surface area contributed by atoms with E-state index in [2.05, 4.69) is 6.07 Å². The van der Waals surface area contributed by atoms with Crippen molar-refractivity contribution in [2.45, 2.75) is 19.4 Å². The van der Waals surface area contributed by atoms with Crippen LogP contribution in [-0.4, -0.2) is 12.6 Å². The summed E-state index contributed by atoms with van der Waals surface area (Å²) >= 11 is 12.2. The third-order valence-corrected chi connectivity index (χ3v) is 7.01. The fraction of sp³-hybridized carbons (Fsp3) is 0.125. The van der Waals surface area contributed by atoms with Gasteiger partial charge in [0.2, 0.25) is 5.88 Å². The molecule has 7 nitrogen and oxygen atoms in total. The van der Waals surface area contributed by atoms with E-state index >= 15 is 0 Å². The molecule has 1 aliphatic rings. The molecule has 0 radical (unpaired) electrons. The number of hydrogen-bond donors (Lipinski definition) is 1. The number of benzene rings is 4. The molecule has 1 atom stereocenters. The molecular weight excluding hydrogens is 563 g/mol. The highest BCUT2D eigenvalue weighted by Gasteiger charge is 2.31. The summed E-state index contributed by atoms with van der Waals surface area (Å²) < 4.78 is 22.7. The number of carbonyl (C=O) groups is 1. The van der Waals surface area contributed by atoms with E-state index in [0.29, 0.717) is 45.0 Å². The van der Waals surface area contributed by atoms with Crippen molar-refractivity contribution in [1.29, 1.82) is 5.26 Å². The Kier molecular flexibility index (Phi) is 8.34. The Hall–Kier alpha value is -4.64. The van der Waals surface area contributed by atoms with E-state index in [9.17, 15) is 10.1 Å². The van der Waals surface area contributed by atoms with Crippen LogP contribution in [0.1, 0.15) is 39.9 Å². The zero-order chi connectivity index (χ0) is 28.9. The van der Waals surface area contributed by atoms with E-state index in [1.165, 1.54) is 0 Å². The van der Waals surface area contributed by atoms with Crippen LogP contribution in [0.15, 0.2) is 96.4 Å². The third-order valence-electron chi connectivity index (χ3n) is 6.42. The van der Waals surface area contributed by atoms with Crippen LogP contribution in [0.4, 0.5) is 0 Å². The number of nitriles is 1. The van der Waals surface area contributed by atoms with Gasteiger partial charge in [0, 0.05) is 27.2 Å². The number of hydrogen-bond acceptors (Lipinski definition) is 7. The summed E-state index contributed by atoms with van der Waals surface area (Å²) in [6.45, 7) is 2.68. The minimum atomic E-state index is -0.530. The summed E-state index contributed by atoms with van der Waals surface area (Å²) in [5.74, 6) is 0.923. The Morgan fingerprint density at radius 1 is 0.927 bits per heavy atom. The SMILES string of the molecule is CCOc1ccc(C(=O)Oc2ccc3c(c2)OC(N)=C(C#N)C3c2ccc(OCc3ccc(Cl)cc3Cl)cc2)cc1. The van der Waals surface area contributed by atoms with Crippen LogP contribution in [0.5, 0.6) is 23.0 Å². The monoisotopic (exact) mass is 586 g/mol. The van der Waals surface area contributed by atoms with Gasteiger partial charge in [0.15, 0.2) is 0 Å². The molecule has 0 bridgehead atoms. The zero-order valence-electron chi connectivity index (χ0n) is 21.9. The molecular formula is C32H24Cl2N2O5. The van der Waals surface area contributed by atoms with Gasteiger partial charge in [-0.15, -0.1) is 0 Å². The lowest BCUT2D eigenvalue weighted by Crippen LogP contribution is -2.21. The maximum Gasteiger partial charge on any atom is 0.343 e. The van der Waals surface area contributed by atoms with Crippen molar-refractivity contribution in [3.05, 3.63) is 129 Å². The standard InChI is InChI=1S/C32H24Cl2N2O5/c1-2-38-23-11-6-20(7-12-23)32(37)40-25-13-14-26-29(16-25)41-31(36)27(17-35)30(26)19-4-9-24(10-5-19)39-18-21-3-8-22(33)15-28(21)34/h3-16,30H,2,18,36H2,1H3. The third kappa shape index (κ3) is 6.25. The van der Waals surface area contributed by atoms with Crippen molar-refractivity contribution >= 4 is 29.2 Å². The molecule has 206 valence electrons. The van der Waals surface area contributed by atoms with Crippen molar-refractivity contribution in [1.82, 2.24) is 0 Å². The number of nitrogens with two attached hydrogens (primary N) is 1. The lowest BCUT2D eigenvalue weighted by atomic mass is 9.83. The first kappa shape index (κ1) is 27.9. The molecule has 4 aromatic rings. The fourth-order valence-corrected chi connectivity index (χ4v) is 4.88. The maximum atomic E-state index is 12.7. The van der Waals surface area contributed by atoms with E-state index in [1.807, 2.05) is 37.3 Å². The number of fused-ring (bicyclic) bond motifs is 1. The minimum Gasteiger partial charge on any atom is -0.494 e. The second-order valence-corrected chi connectivity index (χ2v) is 9.91. The smallest absolute Gasteiger partial charge is 0.343 e. The number of esters is 1. The second-order valence-electron chi connectivity index (χ2n) is 9.06. The van der Waals surface area contributed by atoms with Gasteiger partial charge >= 0.3 is 5.97 Å². The molecule has 1 unspecified atom stereocenters. The number of allylic oxidation sites excluding steroid dienone is 1. The van der Waals surface area contributed by atoms with Crippen molar-refractivity contribution in [2.24, 2.45) is 5.73 Å². The summed E-state index contributed by atoms with van der Waals surface area (Å²) in [5.41, 5.74) is 9.12. The molecule has 0 amide bonds. The van der Waals surface area contributed by atoms with Gasteiger partial charge < -0.3 is 24.7 Å². The van der Waals surface area contributed by atoms with Crippen molar-refractivity contribution in [3.8, 4) is 29.1 Å². The van der Waals surface area contributed by atoms with Crippen LogP contribution < -0.4 is 24.7 Å². The number of ether oxygens (including phenoxy) is 4. The first-order chi connectivity index (χ1) is 19.9. The number of halogens is 2. The molecule has 5 rings (SSSR count).